The highest BCUT2D eigenvalue weighted by molar-refractivity contribution is 6.65. The summed E-state index contributed by atoms with van der Waals surface area (Å²) in [5.74, 6) is 0. The van der Waals surface area contributed by atoms with Gasteiger partial charge in [-0.2, -0.15) is 0 Å². The molecule has 1 fully saturated rings. The third-order valence-corrected chi connectivity index (χ3v) is 1.61. The summed E-state index contributed by atoms with van der Waals surface area (Å²) in [5, 5.41) is 6.46. The molecule has 0 amide bonds. The number of rotatable bonds is 1. The standard InChI is InChI=1S/C3H12B3N3/c1-3(2)9-5-7-4-8-6-9/h3-8H,1-2H3. The Bertz CT molecular complexity index is 82.4. The first kappa shape index (κ1) is 7.19. The van der Waals surface area contributed by atoms with Gasteiger partial charge in [0.2, 0.25) is 0 Å². The third kappa shape index (κ3) is 2.04. The average molecular weight is 123 g/mol. The molecule has 0 radical (unpaired) electrons. The molecular formula is C3H12B3N3. The smallest absolute Gasteiger partial charge is 0.268 e. The van der Waals surface area contributed by atoms with E-state index in [9.17, 15) is 0 Å². The lowest BCUT2D eigenvalue weighted by Crippen LogP contribution is -2.59. The van der Waals surface area contributed by atoms with Gasteiger partial charge < -0.3 is 15.0 Å². The molecule has 1 heterocycles. The second-order valence-electron chi connectivity index (χ2n) is 2.68. The number of nitrogens with zero attached hydrogens (tertiary/aromatic N) is 1. The molecule has 0 aromatic rings. The quantitative estimate of drug-likeness (QED) is 0.383. The van der Waals surface area contributed by atoms with Crippen LogP contribution in [-0.4, -0.2) is 33.4 Å². The molecule has 1 aliphatic heterocycles. The van der Waals surface area contributed by atoms with Crippen molar-refractivity contribution in [2.45, 2.75) is 19.9 Å². The van der Waals surface area contributed by atoms with Crippen LogP contribution in [0.1, 0.15) is 13.8 Å². The van der Waals surface area contributed by atoms with Gasteiger partial charge in [-0.15, -0.1) is 0 Å². The predicted molar refractivity (Wildman–Crippen MR) is 44.7 cm³/mol. The second-order valence-corrected chi connectivity index (χ2v) is 2.68. The summed E-state index contributed by atoms with van der Waals surface area (Å²) < 4.78 is 2.34. The van der Waals surface area contributed by atoms with Gasteiger partial charge in [-0.05, 0) is 6.04 Å². The summed E-state index contributed by atoms with van der Waals surface area (Å²) in [6, 6.07) is 0.644. The van der Waals surface area contributed by atoms with Gasteiger partial charge in [0.15, 0.2) is 0 Å². The molecule has 0 atom stereocenters. The average Bonchev–Trinajstić information content (AvgIpc) is 1.90. The van der Waals surface area contributed by atoms with Crippen LogP contribution in [0.15, 0.2) is 0 Å². The summed E-state index contributed by atoms with van der Waals surface area (Å²) in [4.78, 5) is 0. The molecular weight excluding hydrogens is 110 g/mol. The van der Waals surface area contributed by atoms with E-state index in [1.165, 1.54) is 0 Å². The Labute approximate surface area is 58.4 Å². The molecule has 0 saturated carbocycles. The van der Waals surface area contributed by atoms with E-state index in [1.807, 2.05) is 0 Å². The van der Waals surface area contributed by atoms with Crippen LogP contribution in [0.4, 0.5) is 0 Å². The summed E-state index contributed by atoms with van der Waals surface area (Å²) in [5.41, 5.74) is 0. The van der Waals surface area contributed by atoms with Crippen molar-refractivity contribution in [2.75, 3.05) is 0 Å². The van der Waals surface area contributed by atoms with Gasteiger partial charge in [-0.1, -0.05) is 13.8 Å². The van der Waals surface area contributed by atoms with Gasteiger partial charge in [0.05, 0.1) is 0 Å². The molecule has 2 N–H and O–H groups in total. The van der Waals surface area contributed by atoms with Crippen molar-refractivity contribution >= 4 is 22.6 Å². The Kier molecular flexibility index (Phi) is 2.63. The van der Waals surface area contributed by atoms with Crippen LogP contribution in [-0.2, 0) is 0 Å². The van der Waals surface area contributed by atoms with Crippen LogP contribution in [0.3, 0.4) is 0 Å². The lowest BCUT2D eigenvalue weighted by atomic mass is 9.79. The highest BCUT2D eigenvalue weighted by atomic mass is 15.1. The lowest BCUT2D eigenvalue weighted by Gasteiger charge is -2.29. The second kappa shape index (κ2) is 3.30. The van der Waals surface area contributed by atoms with Crippen LogP contribution in [0.2, 0.25) is 0 Å². The Balaban J connectivity index is 2.23. The Hall–Kier alpha value is 0.0748. The van der Waals surface area contributed by atoms with Crippen molar-refractivity contribution in [1.29, 1.82) is 0 Å². The highest BCUT2D eigenvalue weighted by Gasteiger charge is 2.14. The van der Waals surface area contributed by atoms with Gasteiger partial charge in [-0.25, -0.2) is 0 Å². The first-order valence-corrected chi connectivity index (χ1v) is 3.46. The van der Waals surface area contributed by atoms with E-state index in [-0.39, 0.29) is 0 Å². The van der Waals surface area contributed by atoms with Gasteiger partial charge in [0.25, 0.3) is 22.6 Å². The van der Waals surface area contributed by atoms with Crippen molar-refractivity contribution in [1.82, 2.24) is 15.0 Å². The molecule has 6 heteroatoms. The van der Waals surface area contributed by atoms with Gasteiger partial charge in [0, 0.05) is 0 Å². The predicted octanol–water partition coefficient (Wildman–Crippen LogP) is -2.31. The summed E-state index contributed by atoms with van der Waals surface area (Å²) in [6.07, 6.45) is 0. The molecule has 0 unspecified atom stereocenters. The van der Waals surface area contributed by atoms with Crippen LogP contribution in [0.5, 0.6) is 0 Å². The highest BCUT2D eigenvalue weighted by Crippen LogP contribution is 1.90. The van der Waals surface area contributed by atoms with E-state index in [2.05, 4.69) is 28.8 Å². The van der Waals surface area contributed by atoms with Crippen molar-refractivity contribution in [3.05, 3.63) is 0 Å². The fourth-order valence-electron chi connectivity index (χ4n) is 0.908. The maximum absolute atomic E-state index is 3.23. The van der Waals surface area contributed by atoms with Crippen molar-refractivity contribution < 1.29 is 0 Å². The van der Waals surface area contributed by atoms with E-state index >= 15 is 0 Å². The van der Waals surface area contributed by atoms with Gasteiger partial charge >= 0.3 is 0 Å². The van der Waals surface area contributed by atoms with Crippen molar-refractivity contribution in [2.24, 2.45) is 0 Å². The van der Waals surface area contributed by atoms with Gasteiger partial charge in [0.1, 0.15) is 0 Å². The van der Waals surface area contributed by atoms with Crippen LogP contribution >= 0.6 is 0 Å². The van der Waals surface area contributed by atoms with E-state index in [4.69, 9.17) is 0 Å². The van der Waals surface area contributed by atoms with Crippen LogP contribution in [0.25, 0.3) is 0 Å². The first-order chi connectivity index (χ1) is 4.30. The molecule has 0 bridgehead atoms. The zero-order chi connectivity index (χ0) is 6.69. The van der Waals surface area contributed by atoms with Crippen molar-refractivity contribution in [3.8, 4) is 0 Å². The monoisotopic (exact) mass is 123 g/mol. The molecule has 1 aliphatic rings. The van der Waals surface area contributed by atoms with Crippen LogP contribution in [0, 0.1) is 0 Å². The Morgan fingerprint density at radius 2 is 1.78 bits per heavy atom. The normalized spacial score (nSPS) is 20.3. The number of hydrogen-bond donors (Lipinski definition) is 2. The summed E-state index contributed by atoms with van der Waals surface area (Å²) in [7, 11) is 2.98. The molecule has 0 spiro atoms. The largest absolute Gasteiger partial charge is 0.377 e. The molecule has 1 saturated heterocycles. The Morgan fingerprint density at radius 3 is 2.11 bits per heavy atom. The van der Waals surface area contributed by atoms with E-state index < -0.39 is 0 Å². The molecule has 3 nitrogen and oxygen atoms in total. The molecule has 9 heavy (non-hydrogen) atoms. The van der Waals surface area contributed by atoms with E-state index in [1.54, 1.807) is 0 Å². The lowest BCUT2D eigenvalue weighted by molar-refractivity contribution is 0.538. The summed E-state index contributed by atoms with van der Waals surface area (Å²) in [6.45, 7) is 4.41. The van der Waals surface area contributed by atoms with Crippen LogP contribution < -0.4 is 10.3 Å². The summed E-state index contributed by atoms with van der Waals surface area (Å²) >= 11 is 0. The number of hydrogen-bond acceptors (Lipinski definition) is 3. The number of nitrogens with one attached hydrogen (secondary N) is 2. The zero-order valence-electron chi connectivity index (χ0n) is 6.15. The fraction of sp³-hybridized carbons (Fsp3) is 1.00. The molecule has 48 valence electrons. The van der Waals surface area contributed by atoms with E-state index in [0.29, 0.717) is 6.04 Å². The zero-order valence-corrected chi connectivity index (χ0v) is 6.15. The Morgan fingerprint density at radius 1 is 1.22 bits per heavy atom. The minimum absolute atomic E-state index is 0.644. The first-order valence-electron chi connectivity index (χ1n) is 3.46. The minimum Gasteiger partial charge on any atom is -0.377 e. The minimum atomic E-state index is 0.644. The van der Waals surface area contributed by atoms with Crippen molar-refractivity contribution in [3.63, 3.8) is 0 Å². The SMILES string of the molecule is CC(C)N1BNBNB1. The molecule has 0 aliphatic carbocycles. The fourth-order valence-corrected chi connectivity index (χ4v) is 0.908. The van der Waals surface area contributed by atoms with Gasteiger partial charge in [-0.3, -0.25) is 0 Å². The topological polar surface area (TPSA) is 27.3 Å². The maximum Gasteiger partial charge on any atom is 0.268 e. The third-order valence-electron chi connectivity index (χ3n) is 1.61. The molecule has 0 aromatic heterocycles. The molecule has 1 rings (SSSR count). The van der Waals surface area contributed by atoms with E-state index in [0.717, 1.165) is 22.6 Å². The molecule has 0 aromatic carbocycles. The maximum atomic E-state index is 3.23.